The summed E-state index contributed by atoms with van der Waals surface area (Å²) in [5, 5.41) is 3.35. The van der Waals surface area contributed by atoms with Crippen LogP contribution in [0.3, 0.4) is 0 Å². The molecule has 0 aliphatic carbocycles. The Balaban J connectivity index is 1.96. The molecule has 0 aromatic heterocycles. The van der Waals surface area contributed by atoms with Gasteiger partial charge in [-0.3, -0.25) is 9.69 Å². The summed E-state index contributed by atoms with van der Waals surface area (Å²) in [7, 11) is 0. The predicted octanol–water partition coefficient (Wildman–Crippen LogP) is 0.0100. The Morgan fingerprint density at radius 2 is 1.95 bits per heavy atom. The van der Waals surface area contributed by atoms with Gasteiger partial charge in [0.2, 0.25) is 5.91 Å². The summed E-state index contributed by atoms with van der Waals surface area (Å²) in [5.41, 5.74) is 5.83. The third kappa shape index (κ3) is 3.68. The molecule has 0 aromatic carbocycles. The molecule has 0 radical (unpaired) electrons. The first-order valence-corrected chi connectivity index (χ1v) is 7.69. The molecule has 0 aromatic rings. The lowest BCUT2D eigenvalue weighted by Gasteiger charge is -2.40. The fourth-order valence-electron chi connectivity index (χ4n) is 3.20. The minimum atomic E-state index is -0.0336. The smallest absolute Gasteiger partial charge is 0.239 e. The van der Waals surface area contributed by atoms with E-state index in [0.717, 1.165) is 45.6 Å². The molecular formula is C14H28N4O. The maximum absolute atomic E-state index is 12.6. The van der Waals surface area contributed by atoms with Gasteiger partial charge in [-0.15, -0.1) is 0 Å². The SMILES string of the molecule is CC(C(=O)N1CCCCCC1)N1CCNCC1CN. The number of carbonyl (C=O) groups is 1. The normalized spacial score (nSPS) is 27.9. The molecule has 0 saturated carbocycles. The summed E-state index contributed by atoms with van der Waals surface area (Å²) in [6.07, 6.45) is 4.83. The van der Waals surface area contributed by atoms with Crippen molar-refractivity contribution in [1.82, 2.24) is 15.1 Å². The Hall–Kier alpha value is -0.650. The van der Waals surface area contributed by atoms with E-state index in [4.69, 9.17) is 5.73 Å². The zero-order chi connectivity index (χ0) is 13.7. The second kappa shape index (κ2) is 7.22. The summed E-state index contributed by atoms with van der Waals surface area (Å²) in [5.74, 6) is 0.294. The number of rotatable bonds is 3. The summed E-state index contributed by atoms with van der Waals surface area (Å²) in [4.78, 5) is 17.0. The molecule has 5 nitrogen and oxygen atoms in total. The number of nitrogens with one attached hydrogen (secondary N) is 1. The number of nitrogens with zero attached hydrogens (tertiary/aromatic N) is 2. The molecule has 0 bridgehead atoms. The van der Waals surface area contributed by atoms with Gasteiger partial charge in [0, 0.05) is 45.3 Å². The third-order valence-electron chi connectivity index (χ3n) is 4.44. The second-order valence-electron chi connectivity index (χ2n) is 5.75. The molecule has 2 heterocycles. The molecule has 2 rings (SSSR count). The van der Waals surface area contributed by atoms with Crippen LogP contribution >= 0.6 is 0 Å². The van der Waals surface area contributed by atoms with Crippen LogP contribution in [-0.4, -0.2) is 67.1 Å². The fourth-order valence-corrected chi connectivity index (χ4v) is 3.20. The topological polar surface area (TPSA) is 61.6 Å². The van der Waals surface area contributed by atoms with Gasteiger partial charge in [0.05, 0.1) is 6.04 Å². The molecule has 2 unspecified atom stereocenters. The Morgan fingerprint density at radius 1 is 1.26 bits per heavy atom. The van der Waals surface area contributed by atoms with Crippen molar-refractivity contribution in [2.24, 2.45) is 5.73 Å². The quantitative estimate of drug-likeness (QED) is 0.757. The molecule has 2 aliphatic heterocycles. The van der Waals surface area contributed by atoms with Gasteiger partial charge in [-0.05, 0) is 19.8 Å². The molecule has 1 amide bonds. The number of carbonyl (C=O) groups excluding carboxylic acids is 1. The number of likely N-dealkylation sites (tertiary alicyclic amines) is 1. The summed E-state index contributed by atoms with van der Waals surface area (Å²) >= 11 is 0. The summed E-state index contributed by atoms with van der Waals surface area (Å²) < 4.78 is 0. The first-order chi connectivity index (χ1) is 9.24. The maximum Gasteiger partial charge on any atom is 0.239 e. The highest BCUT2D eigenvalue weighted by atomic mass is 16.2. The molecule has 0 spiro atoms. The van der Waals surface area contributed by atoms with Crippen molar-refractivity contribution in [2.75, 3.05) is 39.3 Å². The minimum Gasteiger partial charge on any atom is -0.341 e. The van der Waals surface area contributed by atoms with Gasteiger partial charge in [0.1, 0.15) is 0 Å². The number of hydrogen-bond donors (Lipinski definition) is 2. The molecule has 2 fully saturated rings. The largest absolute Gasteiger partial charge is 0.341 e. The van der Waals surface area contributed by atoms with Gasteiger partial charge >= 0.3 is 0 Å². The highest BCUT2D eigenvalue weighted by Crippen LogP contribution is 2.15. The summed E-state index contributed by atoms with van der Waals surface area (Å²) in [6, 6.07) is 0.258. The monoisotopic (exact) mass is 268 g/mol. The van der Waals surface area contributed by atoms with Gasteiger partial charge in [-0.2, -0.15) is 0 Å². The van der Waals surface area contributed by atoms with Crippen LogP contribution < -0.4 is 11.1 Å². The van der Waals surface area contributed by atoms with Crippen molar-refractivity contribution in [3.8, 4) is 0 Å². The average molecular weight is 268 g/mol. The van der Waals surface area contributed by atoms with Crippen molar-refractivity contribution >= 4 is 5.91 Å². The van der Waals surface area contributed by atoms with Crippen LogP contribution in [0.1, 0.15) is 32.6 Å². The van der Waals surface area contributed by atoms with E-state index in [1.807, 2.05) is 6.92 Å². The predicted molar refractivity (Wildman–Crippen MR) is 76.9 cm³/mol. The standard InChI is InChI=1S/C14H28N4O/c1-12(18-9-6-16-11-13(18)10-15)14(19)17-7-4-2-3-5-8-17/h12-13,16H,2-11,15H2,1H3. The van der Waals surface area contributed by atoms with E-state index in [9.17, 15) is 4.79 Å². The highest BCUT2D eigenvalue weighted by Gasteiger charge is 2.31. The highest BCUT2D eigenvalue weighted by molar-refractivity contribution is 5.81. The second-order valence-corrected chi connectivity index (χ2v) is 5.75. The molecular weight excluding hydrogens is 240 g/mol. The van der Waals surface area contributed by atoms with Crippen molar-refractivity contribution in [2.45, 2.75) is 44.7 Å². The molecule has 2 saturated heterocycles. The number of piperazine rings is 1. The Kier molecular flexibility index (Phi) is 5.60. The van der Waals surface area contributed by atoms with Crippen molar-refractivity contribution in [3.05, 3.63) is 0 Å². The van der Waals surface area contributed by atoms with E-state index in [1.54, 1.807) is 0 Å². The average Bonchev–Trinajstić information content (AvgIpc) is 2.74. The van der Waals surface area contributed by atoms with E-state index in [2.05, 4.69) is 15.1 Å². The van der Waals surface area contributed by atoms with Crippen molar-refractivity contribution in [1.29, 1.82) is 0 Å². The lowest BCUT2D eigenvalue weighted by molar-refractivity contribution is -0.137. The lowest BCUT2D eigenvalue weighted by atomic mass is 10.1. The Bertz CT molecular complexity index is 289. The molecule has 19 heavy (non-hydrogen) atoms. The molecule has 110 valence electrons. The Morgan fingerprint density at radius 3 is 2.58 bits per heavy atom. The number of amides is 1. The van der Waals surface area contributed by atoms with Crippen LogP contribution in [0, 0.1) is 0 Å². The van der Waals surface area contributed by atoms with Crippen LogP contribution in [0.25, 0.3) is 0 Å². The van der Waals surface area contributed by atoms with Gasteiger partial charge in [0.15, 0.2) is 0 Å². The lowest BCUT2D eigenvalue weighted by Crippen LogP contribution is -2.60. The van der Waals surface area contributed by atoms with Crippen LogP contribution in [-0.2, 0) is 4.79 Å². The van der Waals surface area contributed by atoms with Crippen molar-refractivity contribution in [3.63, 3.8) is 0 Å². The van der Waals surface area contributed by atoms with E-state index in [0.29, 0.717) is 18.5 Å². The molecule has 5 heteroatoms. The maximum atomic E-state index is 12.6. The van der Waals surface area contributed by atoms with Gasteiger partial charge in [-0.1, -0.05) is 12.8 Å². The first kappa shape index (κ1) is 14.8. The Labute approximate surface area is 116 Å². The summed E-state index contributed by atoms with van der Waals surface area (Å²) in [6.45, 7) is 7.29. The zero-order valence-electron chi connectivity index (χ0n) is 12.1. The van der Waals surface area contributed by atoms with Crippen molar-refractivity contribution < 1.29 is 4.79 Å². The van der Waals surface area contributed by atoms with E-state index >= 15 is 0 Å². The van der Waals surface area contributed by atoms with Gasteiger partial charge < -0.3 is 16.0 Å². The van der Waals surface area contributed by atoms with Crippen LogP contribution in [0.2, 0.25) is 0 Å². The zero-order valence-corrected chi connectivity index (χ0v) is 12.1. The third-order valence-corrected chi connectivity index (χ3v) is 4.44. The molecule has 3 N–H and O–H groups in total. The van der Waals surface area contributed by atoms with E-state index < -0.39 is 0 Å². The van der Waals surface area contributed by atoms with Crippen LogP contribution in [0.4, 0.5) is 0 Å². The van der Waals surface area contributed by atoms with Crippen LogP contribution in [0.5, 0.6) is 0 Å². The van der Waals surface area contributed by atoms with E-state index in [1.165, 1.54) is 12.8 Å². The number of hydrogen-bond acceptors (Lipinski definition) is 4. The minimum absolute atomic E-state index is 0.0336. The molecule has 2 aliphatic rings. The van der Waals surface area contributed by atoms with Gasteiger partial charge in [-0.25, -0.2) is 0 Å². The fraction of sp³-hybridized carbons (Fsp3) is 0.929. The van der Waals surface area contributed by atoms with Crippen LogP contribution in [0.15, 0.2) is 0 Å². The first-order valence-electron chi connectivity index (χ1n) is 7.69. The molecule has 2 atom stereocenters. The number of nitrogens with two attached hydrogens (primary N) is 1. The van der Waals surface area contributed by atoms with E-state index in [-0.39, 0.29) is 6.04 Å². The van der Waals surface area contributed by atoms with Gasteiger partial charge in [0.25, 0.3) is 0 Å².